The SMILES string of the molecule is CC(C)[N+](C=O)(C(C)C)C1C[C@@]2(C)[C@@H](CC[C@H]3[C@@H]4CCC[C@@]4(C)CC[C@@H]32)CC1=O. The fourth-order valence-corrected chi connectivity index (χ4v) is 9.13. The molecule has 29 heavy (non-hydrogen) atoms. The summed E-state index contributed by atoms with van der Waals surface area (Å²) in [5.41, 5.74) is 0.800. The zero-order valence-corrected chi connectivity index (χ0v) is 19.7. The van der Waals surface area contributed by atoms with Gasteiger partial charge in [-0.15, -0.1) is 0 Å². The molecule has 0 aromatic carbocycles. The third-order valence-electron chi connectivity index (χ3n) is 10.8. The molecule has 3 heteroatoms. The average molecular weight is 403 g/mol. The number of fused-ring (bicyclic) bond motifs is 5. The monoisotopic (exact) mass is 402 g/mol. The van der Waals surface area contributed by atoms with Crippen molar-refractivity contribution in [3.8, 4) is 0 Å². The first-order valence-electron chi connectivity index (χ1n) is 12.5. The van der Waals surface area contributed by atoms with Crippen LogP contribution in [0.2, 0.25) is 0 Å². The van der Waals surface area contributed by atoms with Crippen molar-refractivity contribution in [2.45, 2.75) is 117 Å². The predicted molar refractivity (Wildman–Crippen MR) is 117 cm³/mol. The highest BCUT2D eigenvalue weighted by Gasteiger charge is 2.62. The van der Waals surface area contributed by atoms with Gasteiger partial charge in [0.1, 0.15) is 0 Å². The maximum atomic E-state index is 13.4. The van der Waals surface area contributed by atoms with Gasteiger partial charge in [0.25, 0.3) is 0 Å². The number of quaternary nitrogens is 1. The Kier molecular flexibility index (Phi) is 5.33. The van der Waals surface area contributed by atoms with Crippen LogP contribution in [0.25, 0.3) is 0 Å². The predicted octanol–water partition coefficient (Wildman–Crippen LogP) is 5.76. The van der Waals surface area contributed by atoms with Crippen LogP contribution in [-0.4, -0.2) is 34.8 Å². The standard InChI is InChI=1S/C26H44NO2/c1-17(2)27(16-28,18(3)4)23-15-26(6)19(14-24(23)29)9-10-20-21-8-7-12-25(21,5)13-11-22(20)26/h16-23H,7-15H2,1-6H3/q+1/t19-,20-,21-,22-,23?,25-,26-/m0/s1. The van der Waals surface area contributed by atoms with Gasteiger partial charge in [0.2, 0.25) is 0 Å². The molecule has 1 amide bonds. The van der Waals surface area contributed by atoms with Crippen LogP contribution in [0.5, 0.6) is 0 Å². The van der Waals surface area contributed by atoms with Crippen LogP contribution in [0.1, 0.15) is 99.3 Å². The second kappa shape index (κ2) is 7.18. The molecule has 1 unspecified atom stereocenters. The van der Waals surface area contributed by atoms with Crippen molar-refractivity contribution in [3.63, 3.8) is 0 Å². The summed E-state index contributed by atoms with van der Waals surface area (Å²) in [5, 5.41) is 0. The first kappa shape index (κ1) is 21.5. The lowest BCUT2D eigenvalue weighted by Crippen LogP contribution is -2.69. The Balaban J connectivity index is 1.69. The van der Waals surface area contributed by atoms with E-state index in [1.165, 1.54) is 44.9 Å². The molecule has 3 nitrogen and oxygen atoms in total. The van der Waals surface area contributed by atoms with E-state index in [1.807, 2.05) is 0 Å². The van der Waals surface area contributed by atoms with Gasteiger partial charge in [-0.2, -0.15) is 0 Å². The molecule has 4 aliphatic carbocycles. The lowest BCUT2D eigenvalue weighted by Gasteiger charge is -2.61. The van der Waals surface area contributed by atoms with Gasteiger partial charge in [0, 0.05) is 12.8 Å². The first-order chi connectivity index (χ1) is 13.6. The molecular weight excluding hydrogens is 358 g/mol. The minimum absolute atomic E-state index is 0.144. The van der Waals surface area contributed by atoms with Crippen LogP contribution >= 0.6 is 0 Å². The van der Waals surface area contributed by atoms with Crippen LogP contribution in [0.3, 0.4) is 0 Å². The summed E-state index contributed by atoms with van der Waals surface area (Å²) in [6.45, 7) is 13.6. The van der Waals surface area contributed by atoms with Crippen molar-refractivity contribution in [1.29, 1.82) is 0 Å². The van der Waals surface area contributed by atoms with E-state index in [1.54, 1.807) is 0 Å². The summed E-state index contributed by atoms with van der Waals surface area (Å²) in [5.74, 6) is 3.40. The Hall–Kier alpha value is -0.700. The van der Waals surface area contributed by atoms with Crippen LogP contribution in [-0.2, 0) is 9.59 Å². The highest BCUT2D eigenvalue weighted by Crippen LogP contribution is 2.66. The molecule has 164 valence electrons. The largest absolute Gasteiger partial charge is 0.302 e. The molecule has 4 rings (SSSR count). The summed E-state index contributed by atoms with van der Waals surface area (Å²) in [6.07, 6.45) is 12.3. The van der Waals surface area contributed by atoms with Gasteiger partial charge in [-0.25, -0.2) is 4.79 Å². The van der Waals surface area contributed by atoms with Crippen LogP contribution < -0.4 is 0 Å². The lowest BCUT2D eigenvalue weighted by atomic mass is 9.44. The molecule has 0 radical (unpaired) electrons. The Morgan fingerprint density at radius 2 is 1.66 bits per heavy atom. The van der Waals surface area contributed by atoms with E-state index >= 15 is 0 Å². The van der Waals surface area contributed by atoms with E-state index in [2.05, 4.69) is 41.5 Å². The first-order valence-corrected chi connectivity index (χ1v) is 12.5. The van der Waals surface area contributed by atoms with Crippen molar-refractivity contribution >= 4 is 12.2 Å². The quantitative estimate of drug-likeness (QED) is 0.443. The molecule has 4 aliphatic rings. The van der Waals surface area contributed by atoms with Gasteiger partial charge < -0.3 is 0 Å². The Morgan fingerprint density at radius 3 is 2.28 bits per heavy atom. The number of carbonyl (C=O) groups is 2. The van der Waals surface area contributed by atoms with Gasteiger partial charge in [0.15, 0.2) is 11.8 Å². The van der Waals surface area contributed by atoms with E-state index in [-0.39, 0.29) is 23.5 Å². The van der Waals surface area contributed by atoms with E-state index in [0.717, 1.165) is 30.6 Å². The van der Waals surface area contributed by atoms with Crippen molar-refractivity contribution < 1.29 is 14.1 Å². The summed E-state index contributed by atoms with van der Waals surface area (Å²) in [4.78, 5) is 25.9. The molecule has 7 atom stereocenters. The number of amides is 1. The molecule has 0 heterocycles. The van der Waals surface area contributed by atoms with Crippen molar-refractivity contribution in [3.05, 3.63) is 0 Å². The number of hydrogen-bond acceptors (Lipinski definition) is 2. The molecule has 0 aliphatic heterocycles. The Labute approximate surface area is 178 Å². The third kappa shape index (κ3) is 2.92. The van der Waals surface area contributed by atoms with Crippen LogP contribution in [0, 0.1) is 34.5 Å². The van der Waals surface area contributed by atoms with Crippen LogP contribution in [0.4, 0.5) is 0 Å². The van der Waals surface area contributed by atoms with E-state index in [9.17, 15) is 9.59 Å². The highest BCUT2D eigenvalue weighted by molar-refractivity contribution is 5.85. The topological polar surface area (TPSA) is 34.1 Å². The lowest BCUT2D eigenvalue weighted by molar-refractivity contribution is -0.904. The number of Topliss-reactive ketones (excluding diaryl/α,β-unsaturated/α-hetero) is 1. The van der Waals surface area contributed by atoms with Gasteiger partial charge in [-0.3, -0.25) is 9.28 Å². The molecule has 0 saturated heterocycles. The second-order valence-electron chi connectivity index (χ2n) is 12.3. The number of nitrogens with zero attached hydrogens (tertiary/aromatic N) is 1. The third-order valence-corrected chi connectivity index (χ3v) is 10.8. The van der Waals surface area contributed by atoms with E-state index in [0.29, 0.717) is 28.0 Å². The van der Waals surface area contributed by atoms with Crippen molar-refractivity contribution in [2.75, 3.05) is 0 Å². The van der Waals surface area contributed by atoms with Crippen LogP contribution in [0.15, 0.2) is 0 Å². The Bertz CT molecular complexity index is 662. The highest BCUT2D eigenvalue weighted by atomic mass is 16.2. The van der Waals surface area contributed by atoms with Crippen molar-refractivity contribution in [1.82, 2.24) is 0 Å². The molecule has 0 spiro atoms. The summed E-state index contributed by atoms with van der Waals surface area (Å²) in [7, 11) is 0. The van der Waals surface area contributed by atoms with Crippen molar-refractivity contribution in [2.24, 2.45) is 34.5 Å². The van der Waals surface area contributed by atoms with E-state index in [4.69, 9.17) is 0 Å². The van der Waals surface area contributed by atoms with Gasteiger partial charge in [-0.05, 0) is 101 Å². The maximum Gasteiger partial charge on any atom is 0.302 e. The second-order valence-corrected chi connectivity index (χ2v) is 12.3. The fraction of sp³-hybridized carbons (Fsp3) is 0.923. The molecule has 4 saturated carbocycles. The molecule has 0 bridgehead atoms. The molecule has 0 N–H and O–H groups in total. The fourth-order valence-electron chi connectivity index (χ4n) is 9.13. The number of carbonyl (C=O) groups excluding carboxylic acids is 2. The minimum atomic E-state index is -0.149. The minimum Gasteiger partial charge on any atom is -0.293 e. The molecule has 0 aromatic rings. The zero-order chi connectivity index (χ0) is 21.2. The molecule has 0 aromatic heterocycles. The maximum absolute atomic E-state index is 13.4. The summed E-state index contributed by atoms with van der Waals surface area (Å²) >= 11 is 0. The summed E-state index contributed by atoms with van der Waals surface area (Å²) < 4.78 is 0.319. The van der Waals surface area contributed by atoms with E-state index < -0.39 is 0 Å². The molecular formula is C26H44NO2+. The number of ketones is 1. The smallest absolute Gasteiger partial charge is 0.293 e. The number of rotatable bonds is 4. The van der Waals surface area contributed by atoms with Gasteiger partial charge >= 0.3 is 6.41 Å². The summed E-state index contributed by atoms with van der Waals surface area (Å²) in [6, 6.07) is 0.139. The Morgan fingerprint density at radius 1 is 0.966 bits per heavy atom. The van der Waals surface area contributed by atoms with Gasteiger partial charge in [0.05, 0.1) is 12.1 Å². The molecule has 4 fully saturated rings. The average Bonchev–Trinajstić information content (AvgIpc) is 3.05. The number of hydrogen-bond donors (Lipinski definition) is 0. The van der Waals surface area contributed by atoms with Gasteiger partial charge in [-0.1, -0.05) is 20.3 Å². The normalized spacial score (nSPS) is 45.1. The zero-order valence-electron chi connectivity index (χ0n) is 19.7.